The van der Waals surface area contributed by atoms with Crippen LogP contribution in [0.15, 0.2) is 45.7 Å². The Kier molecular flexibility index (Phi) is 6.04. The maximum absolute atomic E-state index is 12.7. The first-order valence-electron chi connectivity index (χ1n) is 10.6. The number of benzene rings is 1. The molecule has 1 aromatic carbocycles. The summed E-state index contributed by atoms with van der Waals surface area (Å²) in [5, 5.41) is 4.17. The lowest BCUT2D eigenvalue weighted by molar-refractivity contribution is 0.0598. The van der Waals surface area contributed by atoms with E-state index in [2.05, 4.69) is 16.4 Å². The van der Waals surface area contributed by atoms with Gasteiger partial charge < -0.3 is 19.5 Å². The largest absolute Gasteiger partial charge is 0.427 e. The minimum absolute atomic E-state index is 0.0734. The van der Waals surface area contributed by atoms with Crippen molar-refractivity contribution in [3.05, 3.63) is 69.4 Å². The fourth-order valence-electron chi connectivity index (χ4n) is 4.37. The molecule has 6 heteroatoms. The molecule has 30 heavy (non-hydrogen) atoms. The lowest BCUT2D eigenvalue weighted by Crippen LogP contribution is -2.40. The summed E-state index contributed by atoms with van der Waals surface area (Å²) in [6.45, 7) is 1.79. The number of carbonyl (C=O) groups is 1. The Balaban J connectivity index is 1.43. The highest BCUT2D eigenvalue weighted by atomic mass is 16.5. The van der Waals surface area contributed by atoms with Crippen LogP contribution in [0.3, 0.4) is 0 Å². The molecule has 0 atom stereocenters. The van der Waals surface area contributed by atoms with Crippen LogP contribution in [0, 0.1) is 6.92 Å². The lowest BCUT2D eigenvalue weighted by atomic mass is 9.92. The predicted octanol–water partition coefficient (Wildman–Crippen LogP) is 3.90. The predicted molar refractivity (Wildman–Crippen MR) is 116 cm³/mol. The molecule has 0 bridgehead atoms. The molecule has 2 aromatic heterocycles. The highest BCUT2D eigenvalue weighted by Crippen LogP contribution is 2.22. The van der Waals surface area contributed by atoms with Gasteiger partial charge in [0.05, 0.1) is 6.10 Å². The molecule has 2 N–H and O–H groups in total. The molecule has 158 valence electrons. The van der Waals surface area contributed by atoms with Gasteiger partial charge in [-0.3, -0.25) is 4.79 Å². The van der Waals surface area contributed by atoms with Crippen LogP contribution in [0.2, 0.25) is 0 Å². The van der Waals surface area contributed by atoms with Gasteiger partial charge in [-0.2, -0.15) is 0 Å². The molecule has 2 heterocycles. The van der Waals surface area contributed by atoms with Crippen molar-refractivity contribution in [1.82, 2.24) is 10.3 Å². The summed E-state index contributed by atoms with van der Waals surface area (Å²) in [6.07, 6.45) is 7.16. The number of amides is 1. The van der Waals surface area contributed by atoms with Gasteiger partial charge >= 0.3 is 5.63 Å². The van der Waals surface area contributed by atoms with Crippen LogP contribution >= 0.6 is 0 Å². The monoisotopic (exact) mass is 408 g/mol. The highest BCUT2D eigenvalue weighted by Gasteiger charge is 2.25. The first-order valence-corrected chi connectivity index (χ1v) is 10.6. The summed E-state index contributed by atoms with van der Waals surface area (Å²) in [7, 11) is 1.72. The SMILES string of the molecule is COC1CCC(NC(=O)c2c(C)cc(CCc3c[nH]c4ccccc34)oc2=O)CC1. The number of aromatic amines is 1. The zero-order valence-corrected chi connectivity index (χ0v) is 17.5. The Labute approximate surface area is 175 Å². The molecule has 1 aliphatic carbocycles. The third kappa shape index (κ3) is 4.33. The average molecular weight is 408 g/mol. The third-order valence-electron chi connectivity index (χ3n) is 6.09. The molecule has 3 aromatic rings. The summed E-state index contributed by atoms with van der Waals surface area (Å²) >= 11 is 0. The van der Waals surface area contributed by atoms with Gasteiger partial charge in [0.1, 0.15) is 11.3 Å². The summed E-state index contributed by atoms with van der Waals surface area (Å²) in [5.74, 6) is 0.255. The number of H-pyrrole nitrogens is 1. The Morgan fingerprint density at radius 1 is 1.20 bits per heavy atom. The van der Waals surface area contributed by atoms with Crippen molar-refractivity contribution in [1.29, 1.82) is 0 Å². The van der Waals surface area contributed by atoms with Crippen molar-refractivity contribution >= 4 is 16.8 Å². The maximum atomic E-state index is 12.7. The molecule has 6 nitrogen and oxygen atoms in total. The molecule has 0 aliphatic heterocycles. The summed E-state index contributed by atoms with van der Waals surface area (Å²) in [5.41, 5.74) is 2.48. The number of aromatic nitrogens is 1. The first-order chi connectivity index (χ1) is 14.5. The van der Waals surface area contributed by atoms with Crippen molar-refractivity contribution in [2.75, 3.05) is 7.11 Å². The Morgan fingerprint density at radius 2 is 1.97 bits per heavy atom. The van der Waals surface area contributed by atoms with E-state index in [9.17, 15) is 9.59 Å². The average Bonchev–Trinajstić information content (AvgIpc) is 3.15. The number of ether oxygens (including phenoxy) is 1. The molecule has 0 spiro atoms. The van der Waals surface area contributed by atoms with Gasteiger partial charge in [-0.05, 0) is 62.3 Å². The van der Waals surface area contributed by atoms with Crippen LogP contribution in [0.1, 0.15) is 52.9 Å². The molecule has 1 fully saturated rings. The van der Waals surface area contributed by atoms with Gasteiger partial charge in [0, 0.05) is 36.7 Å². The summed E-state index contributed by atoms with van der Waals surface area (Å²) in [6, 6.07) is 10.0. The van der Waals surface area contributed by atoms with Crippen LogP contribution in [0.25, 0.3) is 10.9 Å². The summed E-state index contributed by atoms with van der Waals surface area (Å²) in [4.78, 5) is 28.5. The van der Waals surface area contributed by atoms with E-state index < -0.39 is 5.63 Å². The van der Waals surface area contributed by atoms with Crippen molar-refractivity contribution in [2.24, 2.45) is 0 Å². The second-order valence-corrected chi connectivity index (χ2v) is 8.10. The fourth-order valence-corrected chi connectivity index (χ4v) is 4.37. The van der Waals surface area contributed by atoms with Crippen LogP contribution in [0.5, 0.6) is 0 Å². The number of methoxy groups -OCH3 is 1. The van der Waals surface area contributed by atoms with Gasteiger partial charge in [0.15, 0.2) is 0 Å². The van der Waals surface area contributed by atoms with Gasteiger partial charge in [-0.25, -0.2) is 4.79 Å². The van der Waals surface area contributed by atoms with E-state index >= 15 is 0 Å². The van der Waals surface area contributed by atoms with E-state index in [-0.39, 0.29) is 23.6 Å². The van der Waals surface area contributed by atoms with Crippen molar-refractivity contribution in [3.8, 4) is 0 Å². The van der Waals surface area contributed by atoms with Crippen LogP contribution in [-0.2, 0) is 17.6 Å². The highest BCUT2D eigenvalue weighted by molar-refractivity contribution is 5.95. The van der Waals surface area contributed by atoms with Crippen molar-refractivity contribution < 1.29 is 13.9 Å². The first kappa shape index (κ1) is 20.4. The van der Waals surface area contributed by atoms with Gasteiger partial charge in [0.25, 0.3) is 5.91 Å². The normalized spacial score (nSPS) is 19.1. The van der Waals surface area contributed by atoms with Crippen LogP contribution in [0.4, 0.5) is 0 Å². The molecule has 1 amide bonds. The summed E-state index contributed by atoms with van der Waals surface area (Å²) < 4.78 is 10.9. The number of aryl methyl sites for hydroxylation is 3. The second-order valence-electron chi connectivity index (χ2n) is 8.10. The van der Waals surface area contributed by atoms with E-state index in [1.807, 2.05) is 30.5 Å². The minimum atomic E-state index is -0.563. The fraction of sp³-hybridized carbons (Fsp3) is 0.417. The quantitative estimate of drug-likeness (QED) is 0.648. The van der Waals surface area contributed by atoms with E-state index in [0.29, 0.717) is 17.7 Å². The molecule has 4 rings (SSSR count). The smallest absolute Gasteiger partial charge is 0.349 e. The molecule has 1 aliphatic rings. The van der Waals surface area contributed by atoms with Crippen LogP contribution in [-0.4, -0.2) is 30.1 Å². The van der Waals surface area contributed by atoms with E-state index in [1.165, 1.54) is 10.9 Å². The minimum Gasteiger partial charge on any atom is -0.427 e. The molecular weight excluding hydrogens is 380 g/mol. The van der Waals surface area contributed by atoms with Gasteiger partial charge in [-0.15, -0.1) is 0 Å². The zero-order valence-electron chi connectivity index (χ0n) is 17.5. The standard InChI is InChI=1S/C24H28N2O4/c1-15-13-19(10-7-16-14-25-21-6-4-3-5-20(16)21)30-24(28)22(15)23(27)26-17-8-11-18(29-2)12-9-17/h3-6,13-14,17-18,25H,7-12H2,1-2H3,(H,26,27). The number of fused-ring (bicyclic) bond motifs is 1. The number of rotatable bonds is 6. The molecule has 1 saturated carbocycles. The Morgan fingerprint density at radius 3 is 2.70 bits per heavy atom. The van der Waals surface area contributed by atoms with Gasteiger partial charge in [0.2, 0.25) is 0 Å². The molecule has 0 radical (unpaired) electrons. The molecule has 0 saturated heterocycles. The number of para-hydroxylation sites is 1. The van der Waals surface area contributed by atoms with E-state index in [4.69, 9.17) is 9.15 Å². The topological polar surface area (TPSA) is 84.3 Å². The van der Waals surface area contributed by atoms with E-state index in [1.54, 1.807) is 14.0 Å². The second kappa shape index (κ2) is 8.88. The lowest BCUT2D eigenvalue weighted by Gasteiger charge is -2.28. The van der Waals surface area contributed by atoms with Crippen molar-refractivity contribution in [2.45, 2.75) is 57.6 Å². The van der Waals surface area contributed by atoms with Gasteiger partial charge in [-0.1, -0.05) is 18.2 Å². The Bertz CT molecular complexity index is 1090. The van der Waals surface area contributed by atoms with Crippen LogP contribution < -0.4 is 10.9 Å². The maximum Gasteiger partial charge on any atom is 0.349 e. The van der Waals surface area contributed by atoms with E-state index in [0.717, 1.165) is 37.6 Å². The number of nitrogens with one attached hydrogen (secondary N) is 2. The third-order valence-corrected chi connectivity index (χ3v) is 6.09. The Hall–Kier alpha value is -2.86. The van der Waals surface area contributed by atoms with Crippen molar-refractivity contribution in [3.63, 3.8) is 0 Å². The molecule has 0 unspecified atom stereocenters. The zero-order chi connectivity index (χ0) is 21.1. The number of hydrogen-bond donors (Lipinski definition) is 2. The number of hydrogen-bond acceptors (Lipinski definition) is 4. The number of carbonyl (C=O) groups excluding carboxylic acids is 1. The molecular formula is C24H28N2O4.